The monoisotopic (exact) mass is 383 g/mol. The van der Waals surface area contributed by atoms with Crippen molar-refractivity contribution in [2.45, 2.75) is 51.7 Å². The molecule has 1 saturated carbocycles. The van der Waals surface area contributed by atoms with Crippen LogP contribution in [-0.4, -0.2) is 24.0 Å². The summed E-state index contributed by atoms with van der Waals surface area (Å²) < 4.78 is 5.50. The van der Waals surface area contributed by atoms with E-state index in [9.17, 15) is 9.59 Å². The molecule has 1 fully saturated rings. The Morgan fingerprint density at radius 3 is 2.67 bits per heavy atom. The van der Waals surface area contributed by atoms with Crippen LogP contribution in [0.25, 0.3) is 11.6 Å². The predicted octanol–water partition coefficient (Wildman–Crippen LogP) is 4.59. The fourth-order valence-corrected chi connectivity index (χ4v) is 3.99. The summed E-state index contributed by atoms with van der Waals surface area (Å²) in [5, 5.41) is 4.90. The number of benzene rings is 1. The number of hydrogen-bond donors (Lipinski definition) is 1. The van der Waals surface area contributed by atoms with Gasteiger partial charge in [-0.25, -0.2) is 4.79 Å². The van der Waals surface area contributed by atoms with E-state index in [1.165, 1.54) is 11.3 Å². The van der Waals surface area contributed by atoms with E-state index in [0.29, 0.717) is 5.57 Å². The second kappa shape index (κ2) is 9.00. The lowest BCUT2D eigenvalue weighted by Crippen LogP contribution is -2.40. The molecule has 2 aromatic rings. The second-order valence-electron chi connectivity index (χ2n) is 6.99. The number of thiophene rings is 1. The highest BCUT2D eigenvalue weighted by Gasteiger charge is 2.25. The zero-order chi connectivity index (χ0) is 19.2. The Morgan fingerprint density at radius 1 is 1.22 bits per heavy atom. The molecule has 4 nitrogen and oxygen atoms in total. The number of aryl methyl sites for hydroxylation is 1. The maximum Gasteiger partial charge on any atom is 0.340 e. The van der Waals surface area contributed by atoms with E-state index < -0.39 is 12.1 Å². The summed E-state index contributed by atoms with van der Waals surface area (Å²) in [4.78, 5) is 26.0. The molecular weight excluding hydrogens is 358 g/mol. The Hall–Kier alpha value is -2.40. The lowest BCUT2D eigenvalue weighted by molar-refractivity contribution is -0.149. The molecule has 1 aromatic carbocycles. The van der Waals surface area contributed by atoms with E-state index in [0.717, 1.165) is 41.7 Å². The van der Waals surface area contributed by atoms with Crippen LogP contribution in [0.15, 0.2) is 41.8 Å². The van der Waals surface area contributed by atoms with Gasteiger partial charge in [-0.15, -0.1) is 11.3 Å². The van der Waals surface area contributed by atoms with Gasteiger partial charge in [-0.2, -0.15) is 0 Å². The molecule has 0 saturated heterocycles. The Bertz CT molecular complexity index is 820. The van der Waals surface area contributed by atoms with Gasteiger partial charge in [-0.3, -0.25) is 4.79 Å². The van der Waals surface area contributed by atoms with Crippen LogP contribution in [0.3, 0.4) is 0 Å². The van der Waals surface area contributed by atoms with Crippen molar-refractivity contribution in [1.29, 1.82) is 0 Å². The average Bonchev–Trinajstić information content (AvgIpc) is 3.33. The maximum atomic E-state index is 12.8. The molecule has 27 heavy (non-hydrogen) atoms. The number of rotatable bonds is 6. The van der Waals surface area contributed by atoms with Gasteiger partial charge < -0.3 is 10.1 Å². The van der Waals surface area contributed by atoms with E-state index in [2.05, 4.69) is 5.32 Å². The normalized spacial score (nSPS) is 16.1. The van der Waals surface area contributed by atoms with Crippen LogP contribution in [0.4, 0.5) is 0 Å². The molecule has 0 radical (unpaired) electrons. The zero-order valence-corrected chi connectivity index (χ0v) is 16.6. The minimum atomic E-state index is -0.820. The minimum absolute atomic E-state index is 0.207. The minimum Gasteiger partial charge on any atom is -0.449 e. The van der Waals surface area contributed by atoms with Crippen molar-refractivity contribution >= 4 is 34.9 Å². The number of nitrogens with one attached hydrogen (secondary N) is 1. The summed E-state index contributed by atoms with van der Waals surface area (Å²) in [5.74, 6) is -0.704. The molecule has 1 aromatic heterocycles. The highest BCUT2D eigenvalue weighted by Crippen LogP contribution is 2.25. The van der Waals surface area contributed by atoms with Gasteiger partial charge in [0.25, 0.3) is 5.91 Å². The van der Waals surface area contributed by atoms with Crippen LogP contribution in [-0.2, 0) is 14.3 Å². The first-order valence-electron chi connectivity index (χ1n) is 9.36. The number of carbonyl (C=O) groups excluding carboxylic acids is 2. The Labute approximate surface area is 164 Å². The van der Waals surface area contributed by atoms with Gasteiger partial charge >= 0.3 is 5.97 Å². The standard InChI is InChI=1S/C22H25NO3S/c1-15-7-5-8-17(13-15)14-19(20-11-6-12-27-20)22(25)26-16(2)21(24)23-18-9-3-4-10-18/h5-8,11-14,16,18H,3-4,9-10H2,1-2H3,(H,23,24)/b19-14+/t16-/m0/s1. The molecule has 1 atom stereocenters. The van der Waals surface area contributed by atoms with E-state index >= 15 is 0 Å². The van der Waals surface area contributed by atoms with Gasteiger partial charge in [0.2, 0.25) is 0 Å². The Kier molecular flexibility index (Phi) is 6.45. The van der Waals surface area contributed by atoms with Crippen LogP contribution >= 0.6 is 11.3 Å². The van der Waals surface area contributed by atoms with Crippen LogP contribution in [0.2, 0.25) is 0 Å². The molecule has 1 amide bonds. The van der Waals surface area contributed by atoms with Crippen molar-refractivity contribution < 1.29 is 14.3 Å². The molecule has 0 bridgehead atoms. The summed E-state index contributed by atoms with van der Waals surface area (Å²) in [7, 11) is 0. The lowest BCUT2D eigenvalue weighted by atomic mass is 10.1. The van der Waals surface area contributed by atoms with Crippen LogP contribution in [0.5, 0.6) is 0 Å². The summed E-state index contributed by atoms with van der Waals surface area (Å²) in [6.07, 6.45) is 5.28. The molecule has 142 valence electrons. The first-order chi connectivity index (χ1) is 13.0. The fraction of sp³-hybridized carbons (Fsp3) is 0.364. The highest BCUT2D eigenvalue weighted by molar-refractivity contribution is 7.11. The van der Waals surface area contributed by atoms with Crippen LogP contribution in [0.1, 0.15) is 48.6 Å². The summed E-state index contributed by atoms with van der Waals surface area (Å²) in [6, 6.07) is 11.9. The van der Waals surface area contributed by atoms with Gasteiger partial charge in [-0.1, -0.05) is 48.7 Å². The first kappa shape index (κ1) is 19.4. The average molecular weight is 384 g/mol. The number of ether oxygens (including phenoxy) is 1. The van der Waals surface area contributed by atoms with Crippen LogP contribution < -0.4 is 5.32 Å². The smallest absolute Gasteiger partial charge is 0.340 e. The summed E-state index contributed by atoms with van der Waals surface area (Å²) in [5.41, 5.74) is 2.52. The predicted molar refractivity (Wildman–Crippen MR) is 109 cm³/mol. The SMILES string of the molecule is Cc1cccc(/C=C(/C(=O)O[C@@H](C)C(=O)NC2CCCC2)c2cccs2)c1. The van der Waals surface area contributed by atoms with Gasteiger partial charge in [-0.05, 0) is 49.8 Å². The maximum absolute atomic E-state index is 12.8. The largest absolute Gasteiger partial charge is 0.449 e. The van der Waals surface area contributed by atoms with Crippen molar-refractivity contribution in [2.75, 3.05) is 0 Å². The molecular formula is C22H25NO3S. The molecule has 3 rings (SSSR count). The Morgan fingerprint density at radius 2 is 2.00 bits per heavy atom. The van der Waals surface area contributed by atoms with E-state index in [1.54, 1.807) is 6.92 Å². The number of esters is 1. The highest BCUT2D eigenvalue weighted by atomic mass is 32.1. The van der Waals surface area contributed by atoms with Crippen molar-refractivity contribution in [3.05, 3.63) is 57.8 Å². The first-order valence-corrected chi connectivity index (χ1v) is 10.2. The van der Waals surface area contributed by atoms with Gasteiger partial charge in [0.15, 0.2) is 6.10 Å². The number of amides is 1. The van der Waals surface area contributed by atoms with E-state index in [4.69, 9.17) is 4.74 Å². The molecule has 1 aliphatic carbocycles. The summed E-state index contributed by atoms with van der Waals surface area (Å²) in [6.45, 7) is 3.64. The van der Waals surface area contributed by atoms with Gasteiger partial charge in [0.1, 0.15) is 0 Å². The molecule has 0 spiro atoms. The van der Waals surface area contributed by atoms with E-state index in [1.807, 2.05) is 54.8 Å². The number of hydrogen-bond acceptors (Lipinski definition) is 4. The van der Waals surface area contributed by atoms with Crippen LogP contribution in [0, 0.1) is 6.92 Å². The fourth-order valence-electron chi connectivity index (χ4n) is 3.26. The number of carbonyl (C=O) groups is 2. The molecule has 0 unspecified atom stereocenters. The molecule has 0 aliphatic heterocycles. The van der Waals surface area contributed by atoms with Gasteiger partial charge in [0.05, 0.1) is 5.57 Å². The summed E-state index contributed by atoms with van der Waals surface area (Å²) >= 11 is 1.47. The third-order valence-corrected chi connectivity index (χ3v) is 5.62. The second-order valence-corrected chi connectivity index (χ2v) is 7.93. The molecule has 1 heterocycles. The van der Waals surface area contributed by atoms with Crippen molar-refractivity contribution in [1.82, 2.24) is 5.32 Å². The quantitative estimate of drug-likeness (QED) is 0.586. The van der Waals surface area contributed by atoms with Crippen molar-refractivity contribution in [3.63, 3.8) is 0 Å². The molecule has 5 heteroatoms. The third-order valence-electron chi connectivity index (χ3n) is 4.71. The third kappa shape index (κ3) is 5.30. The molecule has 1 N–H and O–H groups in total. The zero-order valence-electron chi connectivity index (χ0n) is 15.7. The van der Waals surface area contributed by atoms with Gasteiger partial charge in [0, 0.05) is 10.9 Å². The lowest BCUT2D eigenvalue weighted by Gasteiger charge is -2.17. The van der Waals surface area contributed by atoms with E-state index in [-0.39, 0.29) is 11.9 Å². The Balaban J connectivity index is 1.74. The van der Waals surface area contributed by atoms with Crippen molar-refractivity contribution in [2.24, 2.45) is 0 Å². The molecule has 1 aliphatic rings. The van der Waals surface area contributed by atoms with Crippen molar-refractivity contribution in [3.8, 4) is 0 Å². The topological polar surface area (TPSA) is 55.4 Å².